The van der Waals surface area contributed by atoms with E-state index in [1.165, 1.54) is 31.4 Å². The van der Waals surface area contributed by atoms with E-state index in [4.69, 9.17) is 9.47 Å². The molecule has 0 saturated heterocycles. The summed E-state index contributed by atoms with van der Waals surface area (Å²) < 4.78 is 9.73. The van der Waals surface area contributed by atoms with Crippen LogP contribution in [0.25, 0.3) is 0 Å². The number of amides is 1. The second-order valence-corrected chi connectivity index (χ2v) is 5.05. The number of hydrogen-bond donors (Lipinski definition) is 1. The summed E-state index contributed by atoms with van der Waals surface area (Å²) in [5.74, 6) is -0.490. The number of nitrogens with one attached hydrogen (secondary N) is 1. The van der Waals surface area contributed by atoms with Crippen LogP contribution in [0, 0.1) is 10.1 Å². The van der Waals surface area contributed by atoms with Gasteiger partial charge in [-0.1, -0.05) is 30.3 Å². The Morgan fingerprint density at radius 2 is 1.76 bits per heavy atom. The van der Waals surface area contributed by atoms with E-state index in [0.717, 1.165) is 5.56 Å². The molecule has 2 aromatic rings. The molecule has 0 aromatic heterocycles. The molecule has 0 fully saturated rings. The summed E-state index contributed by atoms with van der Waals surface area (Å²) in [4.78, 5) is 33.9. The van der Waals surface area contributed by atoms with Crippen molar-refractivity contribution < 1.29 is 24.0 Å². The van der Waals surface area contributed by atoms with Crippen molar-refractivity contribution >= 4 is 17.7 Å². The second-order valence-electron chi connectivity index (χ2n) is 5.05. The standard InChI is InChI=1S/C17H16N2O6/c1-24-16(20)15(11-12-5-3-2-4-6-12)18-17(21)25-14-9-7-13(8-10-14)19(22)23/h2-10,15H,11H2,1H3,(H,18,21). The van der Waals surface area contributed by atoms with Gasteiger partial charge in [0.2, 0.25) is 0 Å². The van der Waals surface area contributed by atoms with E-state index in [9.17, 15) is 19.7 Å². The molecule has 2 aromatic carbocycles. The molecule has 0 heterocycles. The Hall–Kier alpha value is -3.42. The first-order chi connectivity index (χ1) is 12.0. The predicted octanol–water partition coefficient (Wildman–Crippen LogP) is 2.47. The highest BCUT2D eigenvalue weighted by atomic mass is 16.6. The Labute approximate surface area is 143 Å². The number of esters is 1. The first-order valence-corrected chi connectivity index (χ1v) is 7.34. The summed E-state index contributed by atoms with van der Waals surface area (Å²) in [6.45, 7) is 0. The van der Waals surface area contributed by atoms with Gasteiger partial charge in [0.1, 0.15) is 11.8 Å². The quantitative estimate of drug-likeness (QED) is 0.490. The summed E-state index contributed by atoms with van der Waals surface area (Å²) in [6.07, 6.45) is -0.622. The smallest absolute Gasteiger partial charge is 0.413 e. The van der Waals surface area contributed by atoms with Crippen LogP contribution in [0.4, 0.5) is 10.5 Å². The molecular formula is C17H16N2O6. The number of non-ortho nitro benzene ring substituents is 1. The third kappa shape index (κ3) is 5.31. The van der Waals surface area contributed by atoms with Crippen molar-refractivity contribution in [3.8, 4) is 5.75 Å². The third-order valence-electron chi connectivity index (χ3n) is 3.32. The molecule has 0 aliphatic carbocycles. The Morgan fingerprint density at radius 1 is 1.12 bits per heavy atom. The van der Waals surface area contributed by atoms with E-state index in [-0.39, 0.29) is 17.9 Å². The van der Waals surface area contributed by atoms with Gasteiger partial charge in [-0.25, -0.2) is 9.59 Å². The number of carbonyl (C=O) groups excluding carboxylic acids is 2. The summed E-state index contributed by atoms with van der Waals surface area (Å²) in [5, 5.41) is 13.0. The monoisotopic (exact) mass is 344 g/mol. The van der Waals surface area contributed by atoms with Crippen molar-refractivity contribution in [2.24, 2.45) is 0 Å². The molecule has 8 nitrogen and oxygen atoms in total. The van der Waals surface area contributed by atoms with Gasteiger partial charge in [0.15, 0.2) is 0 Å². The molecule has 1 N–H and O–H groups in total. The van der Waals surface area contributed by atoms with Gasteiger partial charge in [-0.05, 0) is 17.7 Å². The van der Waals surface area contributed by atoms with Crippen LogP contribution in [0.5, 0.6) is 5.75 Å². The van der Waals surface area contributed by atoms with Gasteiger partial charge in [-0.3, -0.25) is 10.1 Å². The lowest BCUT2D eigenvalue weighted by Gasteiger charge is -2.16. The van der Waals surface area contributed by atoms with E-state index < -0.39 is 23.0 Å². The van der Waals surface area contributed by atoms with Crippen LogP contribution in [-0.4, -0.2) is 30.1 Å². The number of methoxy groups -OCH3 is 1. The van der Waals surface area contributed by atoms with Crippen LogP contribution < -0.4 is 10.1 Å². The normalized spacial score (nSPS) is 11.2. The van der Waals surface area contributed by atoms with Crippen molar-refractivity contribution in [3.63, 3.8) is 0 Å². The number of ether oxygens (including phenoxy) is 2. The first kappa shape index (κ1) is 17.9. The summed E-state index contributed by atoms with van der Waals surface area (Å²) in [5.41, 5.74) is 0.720. The molecule has 130 valence electrons. The molecule has 0 saturated carbocycles. The fraction of sp³-hybridized carbons (Fsp3) is 0.176. The fourth-order valence-corrected chi connectivity index (χ4v) is 2.10. The van der Waals surface area contributed by atoms with Crippen molar-refractivity contribution in [3.05, 3.63) is 70.3 Å². The minimum atomic E-state index is -0.919. The largest absolute Gasteiger partial charge is 0.467 e. The number of benzene rings is 2. The summed E-state index contributed by atoms with van der Waals surface area (Å²) in [7, 11) is 1.23. The van der Waals surface area contributed by atoms with Crippen LogP contribution in [0.1, 0.15) is 5.56 Å². The lowest BCUT2D eigenvalue weighted by Crippen LogP contribution is -2.44. The minimum absolute atomic E-state index is 0.117. The van der Waals surface area contributed by atoms with Gasteiger partial charge >= 0.3 is 12.1 Å². The first-order valence-electron chi connectivity index (χ1n) is 7.34. The maximum atomic E-state index is 12.0. The molecule has 0 spiro atoms. The SMILES string of the molecule is COC(=O)C(Cc1ccccc1)NC(=O)Oc1ccc([N+](=O)[O-])cc1. The molecule has 0 radical (unpaired) electrons. The average molecular weight is 344 g/mol. The Morgan fingerprint density at radius 3 is 2.32 bits per heavy atom. The minimum Gasteiger partial charge on any atom is -0.467 e. The van der Waals surface area contributed by atoms with Crippen molar-refractivity contribution in [2.45, 2.75) is 12.5 Å². The molecule has 0 aliphatic rings. The molecule has 2 rings (SSSR count). The van der Waals surface area contributed by atoms with Crippen molar-refractivity contribution in [1.82, 2.24) is 5.32 Å². The van der Waals surface area contributed by atoms with Gasteiger partial charge in [0.25, 0.3) is 5.69 Å². The number of rotatable bonds is 6. The van der Waals surface area contributed by atoms with Gasteiger partial charge in [-0.2, -0.15) is 0 Å². The predicted molar refractivity (Wildman–Crippen MR) is 88.2 cm³/mol. The van der Waals surface area contributed by atoms with Crippen LogP contribution in [0.15, 0.2) is 54.6 Å². The molecule has 1 unspecified atom stereocenters. The maximum Gasteiger partial charge on any atom is 0.413 e. The topological polar surface area (TPSA) is 108 Å². The fourth-order valence-electron chi connectivity index (χ4n) is 2.10. The zero-order valence-corrected chi connectivity index (χ0v) is 13.4. The second kappa shape index (κ2) is 8.44. The summed E-state index contributed by atoms with van der Waals surface area (Å²) in [6, 6.07) is 13.2. The average Bonchev–Trinajstić information content (AvgIpc) is 2.61. The molecule has 1 atom stereocenters. The molecule has 25 heavy (non-hydrogen) atoms. The molecule has 1 amide bonds. The Kier molecular flexibility index (Phi) is 6.05. The Balaban J connectivity index is 2.01. The highest BCUT2D eigenvalue weighted by molar-refractivity contribution is 5.82. The van der Waals surface area contributed by atoms with Crippen LogP contribution in [0.3, 0.4) is 0 Å². The van der Waals surface area contributed by atoms with Crippen LogP contribution in [-0.2, 0) is 16.0 Å². The molecule has 0 aliphatic heterocycles. The van der Waals surface area contributed by atoms with Crippen LogP contribution >= 0.6 is 0 Å². The molecule has 0 bridgehead atoms. The van der Waals surface area contributed by atoms with E-state index in [1.807, 2.05) is 30.3 Å². The lowest BCUT2D eigenvalue weighted by molar-refractivity contribution is -0.384. The highest BCUT2D eigenvalue weighted by Gasteiger charge is 2.23. The zero-order valence-electron chi connectivity index (χ0n) is 13.4. The van der Waals surface area contributed by atoms with Crippen LogP contribution in [0.2, 0.25) is 0 Å². The van der Waals surface area contributed by atoms with E-state index in [2.05, 4.69) is 5.32 Å². The van der Waals surface area contributed by atoms with Gasteiger partial charge < -0.3 is 14.8 Å². The summed E-state index contributed by atoms with van der Waals surface area (Å²) >= 11 is 0. The third-order valence-corrected chi connectivity index (χ3v) is 3.32. The number of nitrogens with zero attached hydrogens (tertiary/aromatic N) is 1. The number of nitro benzene ring substituents is 1. The lowest BCUT2D eigenvalue weighted by atomic mass is 10.1. The molecular weight excluding hydrogens is 328 g/mol. The zero-order chi connectivity index (χ0) is 18.2. The van der Waals surface area contributed by atoms with Crippen molar-refractivity contribution in [2.75, 3.05) is 7.11 Å². The van der Waals surface area contributed by atoms with Gasteiger partial charge in [-0.15, -0.1) is 0 Å². The number of hydrogen-bond acceptors (Lipinski definition) is 6. The highest BCUT2D eigenvalue weighted by Crippen LogP contribution is 2.17. The van der Waals surface area contributed by atoms with E-state index in [0.29, 0.717) is 0 Å². The van der Waals surface area contributed by atoms with E-state index in [1.54, 1.807) is 0 Å². The molecule has 8 heteroatoms. The Bertz CT molecular complexity index is 745. The number of nitro groups is 1. The van der Waals surface area contributed by atoms with Crippen molar-refractivity contribution in [1.29, 1.82) is 0 Å². The number of carbonyl (C=O) groups is 2. The maximum absolute atomic E-state index is 12.0. The van der Waals surface area contributed by atoms with E-state index >= 15 is 0 Å². The van der Waals surface area contributed by atoms with Gasteiger partial charge in [0.05, 0.1) is 12.0 Å². The van der Waals surface area contributed by atoms with Gasteiger partial charge in [0, 0.05) is 18.6 Å².